The topological polar surface area (TPSA) is 84.7 Å². The van der Waals surface area contributed by atoms with Crippen LogP contribution in [0, 0.1) is 0 Å². The Labute approximate surface area is 200 Å². The van der Waals surface area contributed by atoms with Crippen molar-refractivity contribution in [3.8, 4) is 17.0 Å². The van der Waals surface area contributed by atoms with Crippen molar-refractivity contribution < 1.29 is 14.3 Å². The lowest BCUT2D eigenvalue weighted by molar-refractivity contribution is -0.118. The summed E-state index contributed by atoms with van der Waals surface area (Å²) in [7, 11) is 1.57. The van der Waals surface area contributed by atoms with Crippen molar-refractivity contribution in [1.82, 2.24) is 14.7 Å². The molecule has 170 valence electrons. The number of imidazole rings is 1. The number of hydrogen-bond acceptors (Lipinski definition) is 6. The molecule has 0 saturated heterocycles. The van der Waals surface area contributed by atoms with Crippen LogP contribution in [0.25, 0.3) is 16.2 Å². The Kier molecular flexibility index (Phi) is 7.31. The molecule has 33 heavy (non-hydrogen) atoms. The molecule has 0 bridgehead atoms. The molecule has 0 radical (unpaired) electrons. The minimum atomic E-state index is -0.647. The number of nitrogens with one attached hydrogen (secondary N) is 2. The molecule has 2 amide bonds. The van der Waals surface area contributed by atoms with Gasteiger partial charge in [-0.2, -0.15) is 11.8 Å². The Morgan fingerprint density at radius 3 is 2.58 bits per heavy atom. The Bertz CT molecular complexity index is 1200. The number of thiazole rings is 1. The second-order valence-corrected chi connectivity index (χ2v) is 9.18. The van der Waals surface area contributed by atoms with E-state index in [1.165, 1.54) is 0 Å². The number of fused-ring (bicyclic) bond motifs is 1. The SMILES string of the molecule is COc1ccc(C(=O)N[C@@H](CCSC)C(=O)Nc2ccc(-c3cn4ccsc4n3)cc2)cc1. The number of hydrogen-bond donors (Lipinski definition) is 2. The molecule has 0 aliphatic rings. The van der Waals surface area contributed by atoms with Gasteiger partial charge in [-0.15, -0.1) is 11.3 Å². The molecule has 0 fully saturated rings. The molecule has 2 aromatic carbocycles. The molecule has 0 unspecified atom stereocenters. The van der Waals surface area contributed by atoms with Gasteiger partial charge in [0.15, 0.2) is 4.96 Å². The Morgan fingerprint density at radius 1 is 1.15 bits per heavy atom. The highest BCUT2D eigenvalue weighted by Crippen LogP contribution is 2.23. The molecular formula is C24H24N4O3S2. The Morgan fingerprint density at radius 2 is 1.91 bits per heavy atom. The standard InChI is InChI=1S/C24H24N4O3S2/c1-31-19-9-5-17(6-10-19)22(29)26-20(11-13-32-2)23(30)25-18-7-3-16(4-8-18)21-15-28-12-14-33-24(28)27-21/h3-10,12,14-15,20H,11,13H2,1-2H3,(H,25,30)(H,26,29)/t20-/m0/s1. The highest BCUT2D eigenvalue weighted by molar-refractivity contribution is 7.98. The van der Waals surface area contributed by atoms with Crippen LogP contribution in [0.5, 0.6) is 5.75 Å². The van der Waals surface area contributed by atoms with E-state index in [1.807, 2.05) is 52.7 Å². The fourth-order valence-corrected chi connectivity index (χ4v) is 4.48. The van der Waals surface area contributed by atoms with E-state index >= 15 is 0 Å². The van der Waals surface area contributed by atoms with E-state index in [9.17, 15) is 9.59 Å². The van der Waals surface area contributed by atoms with E-state index in [2.05, 4.69) is 15.6 Å². The lowest BCUT2D eigenvalue weighted by Crippen LogP contribution is -2.44. The molecule has 2 aromatic heterocycles. The fourth-order valence-electron chi connectivity index (χ4n) is 3.31. The summed E-state index contributed by atoms with van der Waals surface area (Å²) in [6, 6.07) is 13.7. The third kappa shape index (κ3) is 5.55. The molecule has 0 aliphatic carbocycles. The predicted molar refractivity (Wildman–Crippen MR) is 134 cm³/mol. The molecule has 2 N–H and O–H groups in total. The zero-order chi connectivity index (χ0) is 23.2. The van der Waals surface area contributed by atoms with Crippen molar-refractivity contribution in [3.05, 3.63) is 71.9 Å². The number of thioether (sulfide) groups is 1. The third-order valence-electron chi connectivity index (χ3n) is 5.13. The summed E-state index contributed by atoms with van der Waals surface area (Å²) in [5, 5.41) is 7.77. The van der Waals surface area contributed by atoms with Crippen molar-refractivity contribution in [1.29, 1.82) is 0 Å². The maximum absolute atomic E-state index is 13.0. The molecule has 4 aromatic rings. The molecule has 0 spiro atoms. The monoisotopic (exact) mass is 480 g/mol. The van der Waals surface area contributed by atoms with E-state index in [0.29, 0.717) is 23.4 Å². The number of ether oxygens (including phenoxy) is 1. The quantitative estimate of drug-likeness (QED) is 0.367. The van der Waals surface area contributed by atoms with Gasteiger partial charge in [0, 0.05) is 34.6 Å². The van der Waals surface area contributed by atoms with Crippen molar-refractivity contribution in [3.63, 3.8) is 0 Å². The number of benzene rings is 2. The molecule has 0 aliphatic heterocycles. The molecule has 0 saturated carbocycles. The third-order valence-corrected chi connectivity index (χ3v) is 6.54. The normalized spacial score (nSPS) is 11.8. The first-order valence-corrected chi connectivity index (χ1v) is 12.6. The Hall–Kier alpha value is -3.30. The van der Waals surface area contributed by atoms with Crippen LogP contribution in [-0.2, 0) is 4.79 Å². The minimum absolute atomic E-state index is 0.249. The Balaban J connectivity index is 1.42. The van der Waals surface area contributed by atoms with E-state index in [4.69, 9.17) is 4.74 Å². The van der Waals surface area contributed by atoms with Crippen LogP contribution in [0.2, 0.25) is 0 Å². The van der Waals surface area contributed by atoms with Crippen molar-refractivity contribution >= 4 is 45.6 Å². The summed E-state index contributed by atoms with van der Waals surface area (Å²) in [6.45, 7) is 0. The number of carbonyl (C=O) groups is 2. The second-order valence-electron chi connectivity index (χ2n) is 7.32. The van der Waals surface area contributed by atoms with Gasteiger partial charge >= 0.3 is 0 Å². The van der Waals surface area contributed by atoms with Gasteiger partial charge < -0.3 is 15.4 Å². The average Bonchev–Trinajstić information content (AvgIpc) is 3.45. The number of nitrogens with zero attached hydrogens (tertiary/aromatic N) is 2. The molecule has 2 heterocycles. The summed E-state index contributed by atoms with van der Waals surface area (Å²) in [4.78, 5) is 31.2. The summed E-state index contributed by atoms with van der Waals surface area (Å²) < 4.78 is 7.12. The van der Waals surface area contributed by atoms with Gasteiger partial charge in [0.05, 0.1) is 12.8 Å². The minimum Gasteiger partial charge on any atom is -0.497 e. The highest BCUT2D eigenvalue weighted by Gasteiger charge is 2.21. The van der Waals surface area contributed by atoms with Crippen LogP contribution in [0.4, 0.5) is 5.69 Å². The lowest BCUT2D eigenvalue weighted by atomic mass is 10.1. The zero-order valence-electron chi connectivity index (χ0n) is 18.3. The molecule has 1 atom stereocenters. The predicted octanol–water partition coefficient (Wildman–Crippen LogP) is 4.56. The summed E-state index contributed by atoms with van der Waals surface area (Å²) in [6.07, 6.45) is 6.45. The zero-order valence-corrected chi connectivity index (χ0v) is 19.9. The van der Waals surface area contributed by atoms with Gasteiger partial charge in [-0.3, -0.25) is 14.0 Å². The first-order chi connectivity index (χ1) is 16.1. The largest absolute Gasteiger partial charge is 0.497 e. The van der Waals surface area contributed by atoms with Crippen molar-refractivity contribution in [2.24, 2.45) is 0 Å². The summed E-state index contributed by atoms with van der Waals surface area (Å²) >= 11 is 3.21. The van der Waals surface area contributed by atoms with Crippen LogP contribution < -0.4 is 15.4 Å². The van der Waals surface area contributed by atoms with Crippen LogP contribution >= 0.6 is 23.1 Å². The van der Waals surface area contributed by atoms with E-state index < -0.39 is 6.04 Å². The fraction of sp³-hybridized carbons (Fsp3) is 0.208. The maximum Gasteiger partial charge on any atom is 0.251 e. The summed E-state index contributed by atoms with van der Waals surface area (Å²) in [5.74, 6) is 0.870. The number of amides is 2. The van der Waals surface area contributed by atoms with Gasteiger partial charge in [-0.1, -0.05) is 12.1 Å². The van der Waals surface area contributed by atoms with Crippen LogP contribution in [-0.4, -0.2) is 46.4 Å². The van der Waals surface area contributed by atoms with Gasteiger partial charge in [0.1, 0.15) is 11.8 Å². The molecule has 9 heteroatoms. The lowest BCUT2D eigenvalue weighted by Gasteiger charge is -2.18. The van der Waals surface area contributed by atoms with Gasteiger partial charge in [-0.25, -0.2) is 4.98 Å². The first kappa shape index (κ1) is 22.9. The molecule has 7 nitrogen and oxygen atoms in total. The van der Waals surface area contributed by atoms with Gasteiger partial charge in [0.2, 0.25) is 5.91 Å². The van der Waals surface area contributed by atoms with Crippen molar-refractivity contribution in [2.45, 2.75) is 12.5 Å². The molecule has 4 rings (SSSR count). The van der Waals surface area contributed by atoms with Crippen LogP contribution in [0.3, 0.4) is 0 Å². The van der Waals surface area contributed by atoms with Gasteiger partial charge in [-0.05, 0) is 54.8 Å². The highest BCUT2D eigenvalue weighted by atomic mass is 32.2. The van der Waals surface area contributed by atoms with E-state index in [1.54, 1.807) is 54.5 Å². The maximum atomic E-state index is 13.0. The summed E-state index contributed by atoms with van der Waals surface area (Å²) in [5.41, 5.74) is 2.99. The van der Waals surface area contributed by atoms with Gasteiger partial charge in [0.25, 0.3) is 5.91 Å². The smallest absolute Gasteiger partial charge is 0.251 e. The number of carbonyl (C=O) groups excluding carboxylic acids is 2. The van der Waals surface area contributed by atoms with Crippen molar-refractivity contribution in [2.75, 3.05) is 24.4 Å². The van der Waals surface area contributed by atoms with Crippen LogP contribution in [0.1, 0.15) is 16.8 Å². The second kappa shape index (κ2) is 10.5. The van der Waals surface area contributed by atoms with E-state index in [0.717, 1.165) is 22.0 Å². The van der Waals surface area contributed by atoms with E-state index in [-0.39, 0.29) is 11.8 Å². The van der Waals surface area contributed by atoms with Crippen LogP contribution in [0.15, 0.2) is 66.3 Å². The number of aromatic nitrogens is 2. The molecular weight excluding hydrogens is 456 g/mol. The number of methoxy groups -OCH3 is 1. The number of anilines is 1. The average molecular weight is 481 g/mol. The number of rotatable bonds is 9. The first-order valence-electron chi connectivity index (χ1n) is 10.3.